The number of hydrogen-bond acceptors (Lipinski definition) is 2. The first-order chi connectivity index (χ1) is 7.16. The van der Waals surface area contributed by atoms with Crippen LogP contribution in [0.4, 0.5) is 0 Å². The van der Waals surface area contributed by atoms with Crippen LogP contribution in [0, 0.1) is 13.1 Å². The Morgan fingerprint density at radius 3 is 2.87 bits per heavy atom. The standard InChI is InChI=1S/C11H10ClN2S/c1-8-13-7-11(14(8)2)15-10-5-3-4-9(12)6-10/h3-6H,1-2H3. The normalized spacial score (nSPS) is 10.6. The third-order valence-electron chi connectivity index (χ3n) is 2.11. The molecule has 4 heteroatoms. The van der Waals surface area contributed by atoms with Crippen molar-refractivity contribution in [1.82, 2.24) is 9.55 Å². The Balaban J connectivity index is 2.26. The van der Waals surface area contributed by atoms with Gasteiger partial charge in [0.1, 0.15) is 17.0 Å². The molecule has 1 radical (unpaired) electrons. The third kappa shape index (κ3) is 2.36. The Morgan fingerprint density at radius 1 is 1.47 bits per heavy atom. The number of nitrogens with zero attached hydrogens (tertiary/aromatic N) is 2. The van der Waals surface area contributed by atoms with E-state index in [-0.39, 0.29) is 0 Å². The van der Waals surface area contributed by atoms with Crippen molar-refractivity contribution in [2.75, 3.05) is 0 Å². The molecule has 1 aromatic heterocycles. The summed E-state index contributed by atoms with van der Waals surface area (Å²) >= 11 is 7.52. The van der Waals surface area contributed by atoms with Crippen LogP contribution in [0.1, 0.15) is 5.82 Å². The average Bonchev–Trinajstić information content (AvgIpc) is 2.50. The molecule has 0 aliphatic rings. The number of hydrogen-bond donors (Lipinski definition) is 0. The summed E-state index contributed by atoms with van der Waals surface area (Å²) in [7, 11) is 1.98. The second kappa shape index (κ2) is 4.29. The lowest BCUT2D eigenvalue weighted by atomic mass is 10.4. The van der Waals surface area contributed by atoms with Gasteiger partial charge in [0.15, 0.2) is 0 Å². The number of rotatable bonds is 2. The van der Waals surface area contributed by atoms with E-state index in [4.69, 9.17) is 11.6 Å². The highest BCUT2D eigenvalue weighted by Crippen LogP contribution is 2.28. The Hall–Kier alpha value is -0.930. The van der Waals surface area contributed by atoms with E-state index in [0.717, 1.165) is 20.8 Å². The van der Waals surface area contributed by atoms with Crippen LogP contribution in [0.25, 0.3) is 0 Å². The maximum Gasteiger partial charge on any atom is 0.124 e. The van der Waals surface area contributed by atoms with Crippen molar-refractivity contribution in [3.05, 3.63) is 41.3 Å². The van der Waals surface area contributed by atoms with Gasteiger partial charge in [0.2, 0.25) is 0 Å². The molecule has 0 aliphatic heterocycles. The van der Waals surface area contributed by atoms with Crippen LogP contribution in [-0.2, 0) is 7.05 Å². The summed E-state index contributed by atoms with van der Waals surface area (Å²) in [5.41, 5.74) is 0. The zero-order valence-electron chi connectivity index (χ0n) is 8.49. The van der Waals surface area contributed by atoms with Gasteiger partial charge >= 0.3 is 0 Å². The first kappa shape index (κ1) is 10.6. The smallest absolute Gasteiger partial charge is 0.124 e. The van der Waals surface area contributed by atoms with Crippen molar-refractivity contribution < 1.29 is 0 Å². The maximum absolute atomic E-state index is 5.91. The Morgan fingerprint density at radius 2 is 2.27 bits per heavy atom. The quantitative estimate of drug-likeness (QED) is 0.798. The second-order valence-electron chi connectivity index (χ2n) is 3.19. The first-order valence-electron chi connectivity index (χ1n) is 4.51. The fourth-order valence-corrected chi connectivity index (χ4v) is 2.33. The van der Waals surface area contributed by atoms with Crippen molar-refractivity contribution in [3.8, 4) is 0 Å². The molecule has 0 fully saturated rings. The van der Waals surface area contributed by atoms with Crippen molar-refractivity contribution in [3.63, 3.8) is 0 Å². The highest BCUT2D eigenvalue weighted by Gasteiger charge is 2.05. The summed E-state index contributed by atoms with van der Waals surface area (Å²) in [6.07, 6.45) is 2.97. The van der Waals surface area contributed by atoms with Crippen LogP contribution in [-0.4, -0.2) is 9.55 Å². The van der Waals surface area contributed by atoms with E-state index in [2.05, 4.69) is 11.2 Å². The molecule has 0 atom stereocenters. The lowest BCUT2D eigenvalue weighted by Crippen LogP contribution is -1.92. The molecule has 0 bridgehead atoms. The first-order valence-corrected chi connectivity index (χ1v) is 5.70. The van der Waals surface area contributed by atoms with E-state index in [1.807, 2.05) is 42.8 Å². The van der Waals surface area contributed by atoms with Gasteiger partial charge in [-0.25, -0.2) is 4.98 Å². The lowest BCUT2D eigenvalue weighted by Gasteiger charge is -2.03. The van der Waals surface area contributed by atoms with Crippen LogP contribution < -0.4 is 0 Å². The molecule has 15 heavy (non-hydrogen) atoms. The lowest BCUT2D eigenvalue weighted by molar-refractivity contribution is 0.784. The molecule has 0 N–H and O–H groups in total. The largest absolute Gasteiger partial charge is 0.326 e. The minimum absolute atomic E-state index is 0.749. The van der Waals surface area contributed by atoms with E-state index in [1.165, 1.54) is 0 Å². The number of halogens is 1. The van der Waals surface area contributed by atoms with Crippen LogP contribution in [0.15, 0.2) is 34.2 Å². The Bertz CT molecular complexity index is 479. The summed E-state index contributed by atoms with van der Waals surface area (Å²) in [4.78, 5) is 5.22. The fraction of sp³-hybridized carbons (Fsp3) is 0.182. The molecule has 0 spiro atoms. The minimum Gasteiger partial charge on any atom is -0.326 e. The average molecular weight is 238 g/mol. The van der Waals surface area contributed by atoms with Crippen molar-refractivity contribution in [2.24, 2.45) is 7.05 Å². The fourth-order valence-electron chi connectivity index (χ4n) is 1.16. The summed E-state index contributed by atoms with van der Waals surface area (Å²) in [6, 6.07) is 7.76. The van der Waals surface area contributed by atoms with Crippen molar-refractivity contribution in [2.45, 2.75) is 16.8 Å². The highest BCUT2D eigenvalue weighted by atomic mass is 35.5. The molecular formula is C11H10ClN2S. The number of aryl methyl sites for hydroxylation is 1. The predicted molar refractivity (Wildman–Crippen MR) is 62.4 cm³/mol. The SMILES string of the molecule is Cc1n[c]c(Sc2cccc(Cl)c2)n1C. The van der Waals surface area contributed by atoms with Crippen molar-refractivity contribution >= 4 is 23.4 Å². The number of benzene rings is 1. The zero-order valence-corrected chi connectivity index (χ0v) is 10.1. The molecule has 0 saturated carbocycles. The minimum atomic E-state index is 0.749. The van der Waals surface area contributed by atoms with Gasteiger partial charge in [0.25, 0.3) is 0 Å². The van der Waals surface area contributed by atoms with Crippen molar-refractivity contribution in [1.29, 1.82) is 0 Å². The van der Waals surface area contributed by atoms with Gasteiger partial charge in [-0.2, -0.15) is 0 Å². The second-order valence-corrected chi connectivity index (χ2v) is 4.69. The van der Waals surface area contributed by atoms with Crippen LogP contribution in [0.3, 0.4) is 0 Å². The summed E-state index contributed by atoms with van der Waals surface area (Å²) in [5.74, 6) is 0.958. The third-order valence-corrected chi connectivity index (χ3v) is 3.40. The van der Waals surface area contributed by atoms with Gasteiger partial charge in [0.05, 0.1) is 0 Å². The van der Waals surface area contributed by atoms with E-state index < -0.39 is 0 Å². The molecule has 0 saturated heterocycles. The molecule has 2 rings (SSSR count). The molecule has 2 aromatic rings. The predicted octanol–water partition coefficient (Wildman–Crippen LogP) is 3.33. The van der Waals surface area contributed by atoms with Gasteiger partial charge in [0, 0.05) is 17.0 Å². The molecule has 1 aromatic carbocycles. The summed E-state index contributed by atoms with van der Waals surface area (Å²) in [5, 5.41) is 1.74. The van der Waals surface area contributed by atoms with Crippen LogP contribution in [0.5, 0.6) is 0 Å². The van der Waals surface area contributed by atoms with E-state index in [9.17, 15) is 0 Å². The number of aromatic nitrogens is 2. The monoisotopic (exact) mass is 237 g/mol. The summed E-state index contributed by atoms with van der Waals surface area (Å²) < 4.78 is 2.01. The molecule has 1 heterocycles. The Kier molecular flexibility index (Phi) is 3.03. The molecule has 0 amide bonds. The number of imidazole rings is 1. The topological polar surface area (TPSA) is 17.8 Å². The molecule has 0 unspecified atom stereocenters. The molecule has 77 valence electrons. The molecule has 2 nitrogen and oxygen atoms in total. The van der Waals surface area contributed by atoms with Crippen LogP contribution in [0.2, 0.25) is 5.02 Å². The summed E-state index contributed by atoms with van der Waals surface area (Å²) in [6.45, 7) is 1.96. The van der Waals surface area contributed by atoms with Gasteiger partial charge in [-0.05, 0) is 25.1 Å². The van der Waals surface area contributed by atoms with Gasteiger partial charge < -0.3 is 4.57 Å². The molecule has 0 aliphatic carbocycles. The Labute approximate surface area is 98.3 Å². The van der Waals surface area contributed by atoms with E-state index in [1.54, 1.807) is 11.8 Å². The highest BCUT2D eigenvalue weighted by molar-refractivity contribution is 7.99. The maximum atomic E-state index is 5.91. The van der Waals surface area contributed by atoms with Gasteiger partial charge in [-0.3, -0.25) is 0 Å². The van der Waals surface area contributed by atoms with Gasteiger partial charge in [-0.15, -0.1) is 0 Å². The van der Waals surface area contributed by atoms with E-state index in [0.29, 0.717) is 0 Å². The molecular weight excluding hydrogens is 228 g/mol. The van der Waals surface area contributed by atoms with Gasteiger partial charge in [-0.1, -0.05) is 29.4 Å². The van der Waals surface area contributed by atoms with E-state index >= 15 is 0 Å². The zero-order chi connectivity index (χ0) is 10.8. The van der Waals surface area contributed by atoms with Crippen LogP contribution >= 0.6 is 23.4 Å².